The van der Waals surface area contributed by atoms with Crippen molar-refractivity contribution in [2.45, 2.75) is 25.9 Å². The Kier molecular flexibility index (Phi) is 5.29. The normalized spacial score (nSPS) is 13.0. The Balaban J connectivity index is 2.60. The van der Waals surface area contributed by atoms with Crippen LogP contribution in [0.3, 0.4) is 0 Å². The molecular formula is C12H16ClNO2. The van der Waals surface area contributed by atoms with Gasteiger partial charge in [0.1, 0.15) is 5.15 Å². The highest BCUT2D eigenvalue weighted by Gasteiger charge is 2.00. The maximum Gasteiger partial charge on any atom is 0.214 e. The molecule has 1 aromatic rings. The Morgan fingerprint density at radius 3 is 2.88 bits per heavy atom. The predicted octanol–water partition coefficient (Wildman–Crippen LogP) is 2.92. The van der Waals surface area contributed by atoms with Gasteiger partial charge in [-0.1, -0.05) is 23.8 Å². The van der Waals surface area contributed by atoms with Crippen molar-refractivity contribution in [3.05, 3.63) is 28.9 Å². The van der Waals surface area contributed by atoms with E-state index in [1.54, 1.807) is 20.1 Å². The number of aliphatic hydroxyl groups excluding tert-OH is 1. The zero-order valence-corrected chi connectivity index (χ0v) is 10.2. The van der Waals surface area contributed by atoms with Gasteiger partial charge in [-0.05, 0) is 25.8 Å². The number of ether oxygens (including phenoxy) is 1. The third-order valence-corrected chi connectivity index (χ3v) is 2.41. The van der Waals surface area contributed by atoms with Crippen LogP contribution < -0.4 is 4.74 Å². The molecule has 0 saturated carbocycles. The van der Waals surface area contributed by atoms with Gasteiger partial charge in [-0.25, -0.2) is 4.98 Å². The zero-order chi connectivity index (χ0) is 12.0. The lowest BCUT2D eigenvalue weighted by Crippen LogP contribution is -1.96. The SMILES string of the molecule is COc1ccc(/C=C/CC[C@H](C)O)c(Cl)n1. The Hall–Kier alpha value is -1.06. The highest BCUT2D eigenvalue weighted by molar-refractivity contribution is 6.30. The van der Waals surface area contributed by atoms with Gasteiger partial charge in [-0.15, -0.1) is 0 Å². The predicted molar refractivity (Wildman–Crippen MR) is 65.7 cm³/mol. The lowest BCUT2D eigenvalue weighted by Gasteiger charge is -2.02. The van der Waals surface area contributed by atoms with E-state index in [4.69, 9.17) is 21.4 Å². The van der Waals surface area contributed by atoms with Crippen LogP contribution in [0.25, 0.3) is 6.08 Å². The summed E-state index contributed by atoms with van der Waals surface area (Å²) in [7, 11) is 1.55. The molecule has 0 aliphatic carbocycles. The summed E-state index contributed by atoms with van der Waals surface area (Å²) < 4.78 is 4.95. The second-order valence-corrected chi connectivity index (χ2v) is 3.92. The van der Waals surface area contributed by atoms with Gasteiger partial charge in [0.25, 0.3) is 0 Å². The maximum absolute atomic E-state index is 9.08. The van der Waals surface area contributed by atoms with E-state index < -0.39 is 0 Å². The summed E-state index contributed by atoms with van der Waals surface area (Å²) in [6.45, 7) is 1.77. The van der Waals surface area contributed by atoms with Crippen LogP contribution >= 0.6 is 11.6 Å². The summed E-state index contributed by atoms with van der Waals surface area (Å²) >= 11 is 5.96. The minimum atomic E-state index is -0.269. The van der Waals surface area contributed by atoms with E-state index in [0.717, 1.165) is 18.4 Å². The number of rotatable bonds is 5. The molecule has 0 radical (unpaired) electrons. The first kappa shape index (κ1) is 13.0. The summed E-state index contributed by atoms with van der Waals surface area (Å²) in [5.41, 5.74) is 0.855. The van der Waals surface area contributed by atoms with E-state index in [1.165, 1.54) is 0 Å². The molecular weight excluding hydrogens is 226 g/mol. The van der Waals surface area contributed by atoms with Crippen molar-refractivity contribution in [3.63, 3.8) is 0 Å². The Bertz CT molecular complexity index is 364. The van der Waals surface area contributed by atoms with Gasteiger partial charge in [0.05, 0.1) is 13.2 Å². The molecule has 1 atom stereocenters. The fourth-order valence-electron chi connectivity index (χ4n) is 1.21. The Morgan fingerprint density at radius 1 is 1.56 bits per heavy atom. The number of aliphatic hydroxyl groups is 1. The average molecular weight is 242 g/mol. The summed E-state index contributed by atoms with van der Waals surface area (Å²) in [5, 5.41) is 9.51. The van der Waals surface area contributed by atoms with E-state index in [-0.39, 0.29) is 6.10 Å². The minimum Gasteiger partial charge on any atom is -0.481 e. The van der Waals surface area contributed by atoms with Crippen molar-refractivity contribution in [1.29, 1.82) is 0 Å². The topological polar surface area (TPSA) is 42.4 Å². The van der Waals surface area contributed by atoms with Gasteiger partial charge in [-0.2, -0.15) is 0 Å². The second-order valence-electron chi connectivity index (χ2n) is 3.56. The van der Waals surface area contributed by atoms with Gasteiger partial charge in [0.15, 0.2) is 0 Å². The standard InChI is InChI=1S/C12H16ClNO2/c1-9(15)5-3-4-6-10-7-8-11(16-2)14-12(10)13/h4,6-9,15H,3,5H2,1-2H3/b6-4+/t9-/m0/s1. The Labute approximate surface area is 101 Å². The van der Waals surface area contributed by atoms with Crippen molar-refractivity contribution in [3.8, 4) is 5.88 Å². The molecule has 0 aromatic carbocycles. The number of pyridine rings is 1. The van der Waals surface area contributed by atoms with E-state index >= 15 is 0 Å². The number of halogens is 1. The monoisotopic (exact) mass is 241 g/mol. The maximum atomic E-state index is 9.08. The molecule has 0 bridgehead atoms. The summed E-state index contributed by atoms with van der Waals surface area (Å²) in [4.78, 5) is 4.05. The number of nitrogens with zero attached hydrogens (tertiary/aromatic N) is 1. The molecule has 0 spiro atoms. The van der Waals surface area contributed by atoms with Gasteiger partial charge >= 0.3 is 0 Å². The van der Waals surface area contributed by atoms with Crippen LogP contribution in [-0.4, -0.2) is 23.3 Å². The van der Waals surface area contributed by atoms with Gasteiger partial charge < -0.3 is 9.84 Å². The molecule has 0 fully saturated rings. The molecule has 1 rings (SSSR count). The molecule has 16 heavy (non-hydrogen) atoms. The minimum absolute atomic E-state index is 0.269. The van der Waals surface area contributed by atoms with Gasteiger partial charge in [0.2, 0.25) is 5.88 Å². The summed E-state index contributed by atoms with van der Waals surface area (Å²) in [5.74, 6) is 0.506. The van der Waals surface area contributed by atoms with Gasteiger partial charge in [-0.3, -0.25) is 0 Å². The van der Waals surface area contributed by atoms with E-state index in [1.807, 2.05) is 18.2 Å². The molecule has 0 saturated heterocycles. The molecule has 0 aliphatic rings. The number of allylic oxidation sites excluding steroid dienone is 1. The fourth-order valence-corrected chi connectivity index (χ4v) is 1.42. The third kappa shape index (κ3) is 4.21. The third-order valence-electron chi connectivity index (χ3n) is 2.11. The molecule has 4 heteroatoms. The van der Waals surface area contributed by atoms with Crippen LogP contribution in [0.4, 0.5) is 0 Å². The molecule has 3 nitrogen and oxygen atoms in total. The summed E-state index contributed by atoms with van der Waals surface area (Å²) in [6, 6.07) is 3.62. The highest BCUT2D eigenvalue weighted by atomic mass is 35.5. The quantitative estimate of drug-likeness (QED) is 0.806. The molecule has 0 aliphatic heterocycles. The molecule has 0 amide bonds. The van der Waals surface area contributed by atoms with Crippen LogP contribution in [0.1, 0.15) is 25.3 Å². The van der Waals surface area contributed by atoms with Gasteiger partial charge in [0, 0.05) is 11.6 Å². The van der Waals surface area contributed by atoms with Crippen LogP contribution in [0.2, 0.25) is 5.15 Å². The van der Waals surface area contributed by atoms with Crippen LogP contribution in [-0.2, 0) is 0 Å². The van der Waals surface area contributed by atoms with E-state index in [2.05, 4.69) is 4.98 Å². The summed E-state index contributed by atoms with van der Waals surface area (Å²) in [6.07, 6.45) is 5.17. The number of methoxy groups -OCH3 is 1. The van der Waals surface area contributed by atoms with Crippen molar-refractivity contribution in [2.75, 3.05) is 7.11 Å². The van der Waals surface area contributed by atoms with Crippen LogP contribution in [0.15, 0.2) is 18.2 Å². The number of aromatic nitrogens is 1. The van der Waals surface area contributed by atoms with Crippen molar-refractivity contribution in [1.82, 2.24) is 4.98 Å². The van der Waals surface area contributed by atoms with Crippen molar-refractivity contribution in [2.24, 2.45) is 0 Å². The lowest BCUT2D eigenvalue weighted by molar-refractivity contribution is 0.186. The average Bonchev–Trinajstić information content (AvgIpc) is 2.25. The second kappa shape index (κ2) is 6.51. The fraction of sp³-hybridized carbons (Fsp3) is 0.417. The molecule has 1 N–H and O–H groups in total. The molecule has 88 valence electrons. The number of hydrogen-bond donors (Lipinski definition) is 1. The largest absolute Gasteiger partial charge is 0.481 e. The first-order valence-corrected chi connectivity index (χ1v) is 5.56. The van der Waals surface area contributed by atoms with E-state index in [9.17, 15) is 0 Å². The first-order chi connectivity index (χ1) is 7.63. The molecule has 0 unspecified atom stereocenters. The Morgan fingerprint density at radius 2 is 2.31 bits per heavy atom. The first-order valence-electron chi connectivity index (χ1n) is 5.18. The zero-order valence-electron chi connectivity index (χ0n) is 9.48. The van der Waals surface area contributed by atoms with E-state index in [0.29, 0.717) is 11.0 Å². The van der Waals surface area contributed by atoms with Crippen molar-refractivity contribution >= 4 is 17.7 Å². The highest BCUT2D eigenvalue weighted by Crippen LogP contribution is 2.19. The lowest BCUT2D eigenvalue weighted by atomic mass is 10.2. The van der Waals surface area contributed by atoms with Crippen molar-refractivity contribution < 1.29 is 9.84 Å². The molecule has 1 heterocycles. The molecule has 1 aromatic heterocycles. The van der Waals surface area contributed by atoms with Crippen LogP contribution in [0, 0.1) is 0 Å². The smallest absolute Gasteiger partial charge is 0.214 e. The van der Waals surface area contributed by atoms with Crippen LogP contribution in [0.5, 0.6) is 5.88 Å². The number of hydrogen-bond acceptors (Lipinski definition) is 3.